The lowest BCUT2D eigenvalue weighted by molar-refractivity contribution is -0.119. The van der Waals surface area contributed by atoms with Crippen LogP contribution < -0.4 is 10.5 Å². The minimum Gasteiger partial charge on any atom is -0.335 e. The standard InChI is InChI=1S/C19H17F4N5O/c1-12-3-4-13(15(20)7-12)10-28-17(29)6-5-16(26-28)14-8-24-18(25-9-14)27(2)11-19(21,22)23/h3-9H,10-11H2,1-2H3. The summed E-state index contributed by atoms with van der Waals surface area (Å²) in [7, 11) is 1.23. The maximum absolute atomic E-state index is 14.1. The summed E-state index contributed by atoms with van der Waals surface area (Å²) in [6.45, 7) is 0.511. The van der Waals surface area contributed by atoms with E-state index in [1.165, 1.54) is 37.6 Å². The van der Waals surface area contributed by atoms with E-state index in [2.05, 4.69) is 15.1 Å². The van der Waals surface area contributed by atoms with E-state index in [4.69, 9.17) is 0 Å². The molecule has 2 aromatic heterocycles. The molecule has 0 aliphatic carbocycles. The molecule has 0 N–H and O–H groups in total. The quantitative estimate of drug-likeness (QED) is 0.608. The van der Waals surface area contributed by atoms with Crippen LogP contribution in [0, 0.1) is 12.7 Å². The Morgan fingerprint density at radius 1 is 1.10 bits per heavy atom. The van der Waals surface area contributed by atoms with Gasteiger partial charge in [0.15, 0.2) is 0 Å². The van der Waals surface area contributed by atoms with Crippen molar-refractivity contribution in [2.24, 2.45) is 0 Å². The van der Waals surface area contributed by atoms with Crippen LogP contribution in [0.2, 0.25) is 0 Å². The van der Waals surface area contributed by atoms with Crippen molar-refractivity contribution in [2.45, 2.75) is 19.6 Å². The third kappa shape index (κ3) is 5.15. The largest absolute Gasteiger partial charge is 0.406 e. The lowest BCUT2D eigenvalue weighted by Crippen LogP contribution is -2.32. The molecule has 0 unspecified atom stereocenters. The van der Waals surface area contributed by atoms with E-state index in [0.29, 0.717) is 16.8 Å². The van der Waals surface area contributed by atoms with Crippen molar-refractivity contribution >= 4 is 5.95 Å². The number of halogens is 4. The number of aryl methyl sites for hydroxylation is 1. The molecule has 0 saturated heterocycles. The first-order chi connectivity index (χ1) is 13.6. The third-order valence-electron chi connectivity index (χ3n) is 4.09. The van der Waals surface area contributed by atoms with Crippen LogP contribution in [0.15, 0.2) is 47.5 Å². The van der Waals surface area contributed by atoms with Crippen LogP contribution in [-0.2, 0) is 6.54 Å². The predicted molar refractivity (Wildman–Crippen MR) is 99.1 cm³/mol. The molecular formula is C19H17F4N5O. The molecule has 6 nitrogen and oxygen atoms in total. The molecular weight excluding hydrogens is 390 g/mol. The molecule has 3 rings (SSSR count). The Bertz CT molecular complexity index is 1060. The van der Waals surface area contributed by atoms with Crippen molar-refractivity contribution in [3.8, 4) is 11.3 Å². The van der Waals surface area contributed by atoms with Crippen molar-refractivity contribution < 1.29 is 17.6 Å². The summed E-state index contributed by atoms with van der Waals surface area (Å²) in [6, 6.07) is 7.41. The van der Waals surface area contributed by atoms with Gasteiger partial charge in [-0.3, -0.25) is 4.79 Å². The Kier molecular flexibility index (Phi) is 5.62. The van der Waals surface area contributed by atoms with E-state index >= 15 is 0 Å². The number of hydrogen-bond donors (Lipinski definition) is 0. The zero-order valence-corrected chi connectivity index (χ0v) is 15.6. The molecule has 3 aromatic rings. The number of alkyl halides is 3. The van der Waals surface area contributed by atoms with Gasteiger partial charge in [-0.25, -0.2) is 19.0 Å². The van der Waals surface area contributed by atoms with Crippen LogP contribution >= 0.6 is 0 Å². The molecule has 0 radical (unpaired) electrons. The summed E-state index contributed by atoms with van der Waals surface area (Å²) in [6.07, 6.45) is -1.74. The highest BCUT2D eigenvalue weighted by molar-refractivity contribution is 5.56. The number of nitrogens with zero attached hydrogens (tertiary/aromatic N) is 5. The smallest absolute Gasteiger partial charge is 0.335 e. The van der Waals surface area contributed by atoms with E-state index in [9.17, 15) is 22.4 Å². The monoisotopic (exact) mass is 407 g/mol. The fraction of sp³-hybridized carbons (Fsp3) is 0.263. The van der Waals surface area contributed by atoms with Gasteiger partial charge in [0.05, 0.1) is 12.2 Å². The zero-order valence-electron chi connectivity index (χ0n) is 15.6. The highest BCUT2D eigenvalue weighted by Gasteiger charge is 2.30. The molecule has 0 bridgehead atoms. The normalized spacial score (nSPS) is 11.5. The van der Waals surface area contributed by atoms with Crippen LogP contribution in [0.5, 0.6) is 0 Å². The van der Waals surface area contributed by atoms with Gasteiger partial charge in [0, 0.05) is 36.6 Å². The molecule has 0 saturated carbocycles. The molecule has 0 aliphatic rings. The van der Waals surface area contributed by atoms with Gasteiger partial charge in [-0.05, 0) is 24.6 Å². The highest BCUT2D eigenvalue weighted by Crippen LogP contribution is 2.20. The summed E-state index contributed by atoms with van der Waals surface area (Å²) >= 11 is 0. The second-order valence-electron chi connectivity index (χ2n) is 6.55. The summed E-state index contributed by atoms with van der Waals surface area (Å²) < 4.78 is 52.6. The molecule has 0 aliphatic heterocycles. The van der Waals surface area contributed by atoms with E-state index < -0.39 is 24.1 Å². The Labute approximate surface area is 163 Å². The lowest BCUT2D eigenvalue weighted by Gasteiger charge is -2.18. The Balaban J connectivity index is 1.84. The second kappa shape index (κ2) is 7.98. The molecule has 0 atom stereocenters. The van der Waals surface area contributed by atoms with E-state index in [1.54, 1.807) is 19.1 Å². The van der Waals surface area contributed by atoms with Gasteiger partial charge in [-0.1, -0.05) is 12.1 Å². The molecule has 0 fully saturated rings. The molecule has 10 heteroatoms. The number of anilines is 1. The fourth-order valence-corrected chi connectivity index (χ4v) is 2.65. The Morgan fingerprint density at radius 2 is 1.79 bits per heavy atom. The van der Waals surface area contributed by atoms with Gasteiger partial charge in [0.2, 0.25) is 5.95 Å². The SMILES string of the molecule is Cc1ccc(Cn2nc(-c3cnc(N(C)CC(F)(F)F)nc3)ccc2=O)c(F)c1. The molecule has 0 amide bonds. The zero-order chi connectivity index (χ0) is 21.2. The van der Waals surface area contributed by atoms with Gasteiger partial charge in [-0.15, -0.1) is 0 Å². The van der Waals surface area contributed by atoms with Gasteiger partial charge >= 0.3 is 6.18 Å². The first-order valence-electron chi connectivity index (χ1n) is 8.56. The van der Waals surface area contributed by atoms with Gasteiger partial charge in [-0.2, -0.15) is 18.3 Å². The fourth-order valence-electron chi connectivity index (χ4n) is 2.65. The molecule has 152 valence electrons. The van der Waals surface area contributed by atoms with Crippen molar-refractivity contribution in [2.75, 3.05) is 18.5 Å². The van der Waals surface area contributed by atoms with Gasteiger partial charge in [0.1, 0.15) is 12.4 Å². The van der Waals surface area contributed by atoms with Crippen molar-refractivity contribution in [3.63, 3.8) is 0 Å². The van der Waals surface area contributed by atoms with E-state index in [1.807, 2.05) is 0 Å². The summed E-state index contributed by atoms with van der Waals surface area (Å²) in [5.41, 5.74) is 1.39. The molecule has 1 aromatic carbocycles. The Hall–Kier alpha value is -3.30. The van der Waals surface area contributed by atoms with Crippen molar-refractivity contribution in [1.29, 1.82) is 0 Å². The van der Waals surface area contributed by atoms with E-state index in [-0.39, 0.29) is 12.5 Å². The maximum Gasteiger partial charge on any atom is 0.406 e. The van der Waals surface area contributed by atoms with Gasteiger partial charge in [0.25, 0.3) is 5.56 Å². The Morgan fingerprint density at radius 3 is 2.41 bits per heavy atom. The molecule has 29 heavy (non-hydrogen) atoms. The minimum atomic E-state index is -4.38. The van der Waals surface area contributed by atoms with Crippen LogP contribution in [0.3, 0.4) is 0 Å². The second-order valence-corrected chi connectivity index (χ2v) is 6.55. The summed E-state index contributed by atoms with van der Waals surface area (Å²) in [4.78, 5) is 20.8. The lowest BCUT2D eigenvalue weighted by atomic mass is 10.1. The van der Waals surface area contributed by atoms with Crippen molar-refractivity contribution in [1.82, 2.24) is 19.7 Å². The average molecular weight is 407 g/mol. The van der Waals surface area contributed by atoms with Crippen LogP contribution in [0.25, 0.3) is 11.3 Å². The topological polar surface area (TPSA) is 63.9 Å². The van der Waals surface area contributed by atoms with Crippen molar-refractivity contribution in [3.05, 3.63) is 70.0 Å². The van der Waals surface area contributed by atoms with Gasteiger partial charge < -0.3 is 4.90 Å². The number of benzene rings is 1. The summed E-state index contributed by atoms with van der Waals surface area (Å²) in [5, 5.41) is 4.20. The molecule has 2 heterocycles. The van der Waals surface area contributed by atoms with Crippen LogP contribution in [0.4, 0.5) is 23.5 Å². The van der Waals surface area contributed by atoms with Crippen LogP contribution in [-0.4, -0.2) is 39.5 Å². The van der Waals surface area contributed by atoms with Crippen LogP contribution in [0.1, 0.15) is 11.1 Å². The average Bonchev–Trinajstić information content (AvgIpc) is 2.64. The first-order valence-corrected chi connectivity index (χ1v) is 8.56. The minimum absolute atomic E-state index is 0.0634. The number of rotatable bonds is 5. The maximum atomic E-state index is 14.1. The highest BCUT2D eigenvalue weighted by atomic mass is 19.4. The number of hydrogen-bond acceptors (Lipinski definition) is 5. The van der Waals surface area contributed by atoms with E-state index in [0.717, 1.165) is 15.1 Å². The third-order valence-corrected chi connectivity index (χ3v) is 4.09. The predicted octanol–water partition coefficient (Wildman–Crippen LogP) is 3.19. The number of aromatic nitrogens is 4. The first kappa shape index (κ1) is 20.4. The molecule has 0 spiro atoms. The summed E-state index contributed by atoms with van der Waals surface area (Å²) in [5.74, 6) is -0.536.